The summed E-state index contributed by atoms with van der Waals surface area (Å²) in [5, 5.41) is 0. The van der Waals surface area contributed by atoms with Gasteiger partial charge in [0.1, 0.15) is 17.6 Å². The lowest BCUT2D eigenvalue weighted by molar-refractivity contribution is -0.150. The number of carbonyl (C=O) groups is 2. The standard InChI is InChI=1S/C25H25FIN3O5S/c1-34-25(32)23-18-9-10-19(35-18)24(23)30(13-14-3-5-15(26)6-4-14)22(31)12-21-28-17-8-7-16(27)11-20(17)36(2,33)29-21/h3-8,11,18-19,23-24H,9-10,12-13H2,1-2H3/t18-,19+,23-,24+,36?/m1/s1. The van der Waals surface area contributed by atoms with Crippen LogP contribution in [0.2, 0.25) is 0 Å². The summed E-state index contributed by atoms with van der Waals surface area (Å²) in [5.74, 6) is -1.59. The Bertz CT molecular complexity index is 1370. The predicted molar refractivity (Wildman–Crippen MR) is 140 cm³/mol. The number of aliphatic imine (C=N–C) groups is 1. The lowest BCUT2D eigenvalue weighted by Gasteiger charge is -2.36. The quantitative estimate of drug-likeness (QED) is 0.357. The van der Waals surface area contributed by atoms with Gasteiger partial charge < -0.3 is 14.4 Å². The van der Waals surface area contributed by atoms with Crippen molar-refractivity contribution in [1.82, 2.24) is 4.90 Å². The zero-order valence-electron chi connectivity index (χ0n) is 19.7. The molecule has 3 aliphatic rings. The molecular weight excluding hydrogens is 600 g/mol. The summed E-state index contributed by atoms with van der Waals surface area (Å²) in [6, 6.07) is 10.8. The van der Waals surface area contributed by atoms with E-state index < -0.39 is 27.7 Å². The largest absolute Gasteiger partial charge is 0.469 e. The molecule has 1 unspecified atom stereocenters. The van der Waals surface area contributed by atoms with Crippen molar-refractivity contribution in [3.8, 4) is 0 Å². The highest BCUT2D eigenvalue weighted by Crippen LogP contribution is 2.43. The van der Waals surface area contributed by atoms with Crippen molar-refractivity contribution in [1.29, 1.82) is 0 Å². The van der Waals surface area contributed by atoms with Crippen LogP contribution < -0.4 is 0 Å². The highest BCUT2D eigenvalue weighted by molar-refractivity contribution is 14.1. The molecule has 2 aromatic rings. The van der Waals surface area contributed by atoms with Crippen LogP contribution >= 0.6 is 22.6 Å². The minimum Gasteiger partial charge on any atom is -0.469 e. The second-order valence-corrected chi connectivity index (χ2v) is 12.7. The van der Waals surface area contributed by atoms with E-state index in [0.29, 0.717) is 16.1 Å². The van der Waals surface area contributed by atoms with Crippen LogP contribution in [0, 0.1) is 15.3 Å². The van der Waals surface area contributed by atoms with Crippen LogP contribution in [-0.2, 0) is 35.3 Å². The van der Waals surface area contributed by atoms with Crippen LogP contribution in [0.1, 0.15) is 24.8 Å². The van der Waals surface area contributed by atoms with Gasteiger partial charge in [0.05, 0.1) is 52.1 Å². The van der Waals surface area contributed by atoms with E-state index in [1.165, 1.54) is 25.5 Å². The summed E-state index contributed by atoms with van der Waals surface area (Å²) in [6.45, 7) is 0.146. The van der Waals surface area contributed by atoms with Crippen LogP contribution in [-0.4, -0.2) is 58.4 Å². The maximum absolute atomic E-state index is 13.8. The van der Waals surface area contributed by atoms with E-state index >= 15 is 0 Å². The third kappa shape index (κ3) is 4.80. The smallest absolute Gasteiger partial charge is 0.313 e. The minimum atomic E-state index is -2.78. The minimum absolute atomic E-state index is 0.146. The van der Waals surface area contributed by atoms with Gasteiger partial charge in [-0.05, 0) is 71.3 Å². The Balaban J connectivity index is 1.49. The third-order valence-corrected chi connectivity index (χ3v) is 9.20. The first kappa shape index (κ1) is 25.3. The molecule has 3 aliphatic heterocycles. The van der Waals surface area contributed by atoms with E-state index in [1.54, 1.807) is 29.2 Å². The van der Waals surface area contributed by atoms with Gasteiger partial charge in [0.25, 0.3) is 0 Å². The fourth-order valence-electron chi connectivity index (χ4n) is 5.23. The normalized spacial score (nSPS) is 28.2. The molecule has 3 heterocycles. The molecule has 5 rings (SSSR count). The molecule has 0 saturated carbocycles. The Hall–Kier alpha value is -2.38. The number of halogens is 2. The summed E-state index contributed by atoms with van der Waals surface area (Å²) in [4.78, 5) is 33.1. The summed E-state index contributed by atoms with van der Waals surface area (Å²) in [7, 11) is -1.45. The molecule has 0 aliphatic carbocycles. The Morgan fingerprint density at radius 1 is 1.19 bits per heavy atom. The lowest BCUT2D eigenvalue weighted by Crippen LogP contribution is -2.52. The van der Waals surface area contributed by atoms with Gasteiger partial charge >= 0.3 is 5.97 Å². The number of rotatable bonds is 6. The van der Waals surface area contributed by atoms with Gasteiger partial charge in [0.15, 0.2) is 0 Å². The van der Waals surface area contributed by atoms with Crippen molar-refractivity contribution in [2.45, 2.75) is 49.0 Å². The van der Waals surface area contributed by atoms with E-state index in [1.807, 2.05) is 6.07 Å². The number of ether oxygens (including phenoxy) is 2. The van der Waals surface area contributed by atoms with Crippen molar-refractivity contribution in [3.05, 3.63) is 57.4 Å². The highest BCUT2D eigenvalue weighted by atomic mass is 127. The molecule has 2 bridgehead atoms. The molecule has 2 saturated heterocycles. The van der Waals surface area contributed by atoms with Crippen molar-refractivity contribution in [2.75, 3.05) is 13.4 Å². The number of benzene rings is 2. The van der Waals surface area contributed by atoms with Crippen LogP contribution in [0.5, 0.6) is 0 Å². The molecule has 2 aromatic carbocycles. The number of amides is 1. The molecule has 0 radical (unpaired) electrons. The van der Waals surface area contributed by atoms with E-state index in [-0.39, 0.29) is 42.7 Å². The molecule has 0 N–H and O–H groups in total. The SMILES string of the molecule is COC(=O)[C@H]1[C@@H](N(Cc2ccc(F)cc2)C(=O)CC2=Nc3ccc(I)cc3S(C)(=O)=N2)[C@@H]2CC[C@H]1O2. The van der Waals surface area contributed by atoms with Crippen LogP contribution in [0.25, 0.3) is 0 Å². The Morgan fingerprint density at radius 3 is 2.64 bits per heavy atom. The molecule has 190 valence electrons. The number of methoxy groups -OCH3 is 1. The highest BCUT2D eigenvalue weighted by Gasteiger charge is 2.56. The first-order valence-electron chi connectivity index (χ1n) is 11.5. The molecular formula is C25H25FIN3O5S. The zero-order chi connectivity index (χ0) is 25.6. The number of amidine groups is 1. The van der Waals surface area contributed by atoms with Gasteiger partial charge in [-0.2, -0.15) is 4.36 Å². The Kier molecular flexibility index (Phi) is 6.90. The van der Waals surface area contributed by atoms with E-state index in [0.717, 1.165) is 16.4 Å². The Labute approximate surface area is 222 Å². The number of esters is 1. The van der Waals surface area contributed by atoms with Crippen LogP contribution in [0.15, 0.2) is 56.7 Å². The maximum Gasteiger partial charge on any atom is 0.313 e. The summed E-state index contributed by atoms with van der Waals surface area (Å²) in [5.41, 5.74) is 1.24. The number of nitrogens with zero attached hydrogens (tertiary/aromatic N) is 3. The molecule has 0 aromatic heterocycles. The van der Waals surface area contributed by atoms with Gasteiger partial charge in [-0.3, -0.25) is 9.59 Å². The van der Waals surface area contributed by atoms with Gasteiger partial charge in [-0.15, -0.1) is 0 Å². The lowest BCUT2D eigenvalue weighted by atomic mass is 9.83. The van der Waals surface area contributed by atoms with Crippen LogP contribution in [0.4, 0.5) is 10.1 Å². The second-order valence-electron chi connectivity index (χ2n) is 9.19. The molecule has 1 amide bonds. The van der Waals surface area contributed by atoms with E-state index in [2.05, 4.69) is 31.9 Å². The topological polar surface area (TPSA) is 97.6 Å². The van der Waals surface area contributed by atoms with E-state index in [4.69, 9.17) is 9.47 Å². The number of fused-ring (bicyclic) bond motifs is 3. The molecule has 0 spiro atoms. The molecule has 2 fully saturated rings. The van der Waals surface area contributed by atoms with Gasteiger partial charge in [0, 0.05) is 16.4 Å². The average Bonchev–Trinajstić information content (AvgIpc) is 3.45. The van der Waals surface area contributed by atoms with Gasteiger partial charge in [-0.25, -0.2) is 13.6 Å². The predicted octanol–water partition coefficient (Wildman–Crippen LogP) is 4.07. The number of hydrogen-bond acceptors (Lipinski definition) is 7. The monoisotopic (exact) mass is 625 g/mol. The first-order valence-corrected chi connectivity index (χ1v) is 14.5. The maximum atomic E-state index is 13.8. The average molecular weight is 625 g/mol. The summed E-state index contributed by atoms with van der Waals surface area (Å²) in [6.07, 6.45) is 2.14. The second kappa shape index (κ2) is 9.82. The Morgan fingerprint density at radius 2 is 1.92 bits per heavy atom. The summed E-state index contributed by atoms with van der Waals surface area (Å²) < 4.78 is 43.2. The number of hydrogen-bond donors (Lipinski definition) is 0. The van der Waals surface area contributed by atoms with Crippen molar-refractivity contribution >= 4 is 55.7 Å². The van der Waals surface area contributed by atoms with Gasteiger partial charge in [0.2, 0.25) is 5.91 Å². The summed E-state index contributed by atoms with van der Waals surface area (Å²) >= 11 is 2.14. The fourth-order valence-corrected chi connectivity index (χ4v) is 7.38. The first-order chi connectivity index (χ1) is 17.2. The van der Waals surface area contributed by atoms with E-state index in [9.17, 15) is 18.2 Å². The molecule has 36 heavy (non-hydrogen) atoms. The molecule has 8 nitrogen and oxygen atoms in total. The van der Waals surface area contributed by atoms with Gasteiger partial charge in [-0.1, -0.05) is 12.1 Å². The zero-order valence-corrected chi connectivity index (χ0v) is 22.7. The molecule has 11 heteroatoms. The number of carbonyl (C=O) groups excluding carboxylic acids is 2. The third-order valence-electron chi connectivity index (χ3n) is 6.82. The van der Waals surface area contributed by atoms with Crippen molar-refractivity contribution in [3.63, 3.8) is 0 Å². The van der Waals surface area contributed by atoms with Crippen molar-refractivity contribution < 1.29 is 27.7 Å². The van der Waals surface area contributed by atoms with Crippen molar-refractivity contribution in [2.24, 2.45) is 15.3 Å². The van der Waals surface area contributed by atoms with Crippen LogP contribution in [0.3, 0.4) is 0 Å². The molecule has 5 atom stereocenters. The fraction of sp³-hybridized carbons (Fsp3) is 0.400.